The molecule has 1 aliphatic rings. The molecule has 0 aliphatic heterocycles. The van der Waals surface area contributed by atoms with Crippen LogP contribution in [0.1, 0.15) is 31.2 Å². The minimum absolute atomic E-state index is 0.0546. The maximum absolute atomic E-state index is 13.1. The molecule has 1 aromatic rings. The zero-order valence-corrected chi connectivity index (χ0v) is 11.3. The summed E-state index contributed by atoms with van der Waals surface area (Å²) in [6.45, 7) is 0. The second-order valence-corrected chi connectivity index (χ2v) is 5.70. The highest BCUT2D eigenvalue weighted by Gasteiger charge is 2.36. The fourth-order valence-corrected chi connectivity index (χ4v) is 2.81. The van der Waals surface area contributed by atoms with E-state index in [1.807, 2.05) is 0 Å². The molecule has 0 bridgehead atoms. The van der Waals surface area contributed by atoms with Crippen molar-refractivity contribution < 1.29 is 13.2 Å². The summed E-state index contributed by atoms with van der Waals surface area (Å²) < 4.78 is 39.3. The van der Waals surface area contributed by atoms with E-state index in [1.54, 1.807) is 0 Å². The third-order valence-electron chi connectivity index (χ3n) is 3.83. The summed E-state index contributed by atoms with van der Waals surface area (Å²) in [6, 6.07) is 3.89. The molecule has 1 aliphatic carbocycles. The van der Waals surface area contributed by atoms with Gasteiger partial charge in [0.05, 0.1) is 0 Å². The van der Waals surface area contributed by atoms with Gasteiger partial charge in [-0.25, -0.2) is 13.2 Å². The summed E-state index contributed by atoms with van der Waals surface area (Å²) in [4.78, 5) is 0. The summed E-state index contributed by atoms with van der Waals surface area (Å²) in [6.07, 6.45) is 1.04. The Kier molecular flexibility index (Phi) is 4.41. The molecule has 0 radical (unpaired) electrons. The van der Waals surface area contributed by atoms with Crippen LogP contribution in [0.4, 0.5) is 13.2 Å². The summed E-state index contributed by atoms with van der Waals surface area (Å²) in [5.74, 6) is -2.85. The van der Waals surface area contributed by atoms with Gasteiger partial charge < -0.3 is 5.73 Å². The highest BCUT2D eigenvalue weighted by molar-refractivity contribution is 6.31. The SMILES string of the molecule is NC(Cc1cc(F)ccc1Cl)C1CCC(F)(F)CC1. The molecule has 2 N–H and O–H groups in total. The molecule has 19 heavy (non-hydrogen) atoms. The third-order valence-corrected chi connectivity index (χ3v) is 4.20. The predicted molar refractivity (Wildman–Crippen MR) is 70.0 cm³/mol. The maximum Gasteiger partial charge on any atom is 0.248 e. The summed E-state index contributed by atoms with van der Waals surface area (Å²) >= 11 is 5.98. The number of alkyl halides is 2. The molecule has 5 heteroatoms. The van der Waals surface area contributed by atoms with Crippen molar-refractivity contribution in [1.82, 2.24) is 0 Å². The van der Waals surface area contributed by atoms with Crippen LogP contribution in [0.15, 0.2) is 18.2 Å². The Hall–Kier alpha value is -0.740. The van der Waals surface area contributed by atoms with Crippen LogP contribution in [0.2, 0.25) is 5.02 Å². The second-order valence-electron chi connectivity index (χ2n) is 5.30. The second kappa shape index (κ2) is 5.71. The lowest BCUT2D eigenvalue weighted by molar-refractivity contribution is -0.0481. The van der Waals surface area contributed by atoms with Crippen molar-refractivity contribution in [2.45, 2.75) is 44.1 Å². The van der Waals surface area contributed by atoms with Gasteiger partial charge in [-0.1, -0.05) is 11.6 Å². The number of benzene rings is 1. The molecule has 0 amide bonds. The molecule has 0 saturated heterocycles. The number of hydrogen-bond acceptors (Lipinski definition) is 1. The van der Waals surface area contributed by atoms with Crippen LogP contribution >= 0.6 is 11.6 Å². The zero-order valence-electron chi connectivity index (χ0n) is 10.5. The van der Waals surface area contributed by atoms with Crippen molar-refractivity contribution in [3.05, 3.63) is 34.6 Å². The van der Waals surface area contributed by atoms with Crippen molar-refractivity contribution in [3.8, 4) is 0 Å². The van der Waals surface area contributed by atoms with Crippen LogP contribution in [0.5, 0.6) is 0 Å². The van der Waals surface area contributed by atoms with Gasteiger partial charge in [-0.2, -0.15) is 0 Å². The van der Waals surface area contributed by atoms with Gasteiger partial charge >= 0.3 is 0 Å². The lowest BCUT2D eigenvalue weighted by Crippen LogP contribution is -2.37. The van der Waals surface area contributed by atoms with Crippen LogP contribution in [0.25, 0.3) is 0 Å². The maximum atomic E-state index is 13.1. The van der Waals surface area contributed by atoms with Gasteiger partial charge in [0.15, 0.2) is 0 Å². The summed E-state index contributed by atoms with van der Waals surface area (Å²) in [5, 5.41) is 0.470. The van der Waals surface area contributed by atoms with Crippen LogP contribution in [0, 0.1) is 11.7 Å². The largest absolute Gasteiger partial charge is 0.327 e. The molecular formula is C14H17ClF3N. The van der Waals surface area contributed by atoms with Gasteiger partial charge in [-0.3, -0.25) is 0 Å². The molecule has 1 saturated carbocycles. The van der Waals surface area contributed by atoms with E-state index >= 15 is 0 Å². The third kappa shape index (κ3) is 3.86. The Morgan fingerprint density at radius 1 is 1.32 bits per heavy atom. The first-order valence-electron chi connectivity index (χ1n) is 6.45. The Morgan fingerprint density at radius 3 is 2.58 bits per heavy atom. The fourth-order valence-electron chi connectivity index (χ4n) is 2.61. The molecule has 106 valence electrons. The van der Waals surface area contributed by atoms with Gasteiger partial charge in [0.1, 0.15) is 5.82 Å². The molecule has 2 rings (SSSR count). The molecule has 1 nitrogen and oxygen atoms in total. The van der Waals surface area contributed by atoms with E-state index in [9.17, 15) is 13.2 Å². The van der Waals surface area contributed by atoms with Crippen LogP contribution in [0.3, 0.4) is 0 Å². The van der Waals surface area contributed by atoms with Gasteiger partial charge in [0.2, 0.25) is 5.92 Å². The lowest BCUT2D eigenvalue weighted by Gasteiger charge is -2.32. The van der Waals surface area contributed by atoms with E-state index in [-0.39, 0.29) is 30.6 Å². The number of halogens is 4. The van der Waals surface area contributed by atoms with E-state index in [0.717, 1.165) is 0 Å². The van der Waals surface area contributed by atoms with E-state index in [2.05, 4.69) is 0 Å². The van der Waals surface area contributed by atoms with Crippen LogP contribution in [-0.4, -0.2) is 12.0 Å². The molecule has 0 heterocycles. The van der Waals surface area contributed by atoms with Crippen molar-refractivity contribution in [2.24, 2.45) is 11.7 Å². The van der Waals surface area contributed by atoms with E-state index < -0.39 is 5.92 Å². The normalized spacial score (nSPS) is 21.3. The van der Waals surface area contributed by atoms with Gasteiger partial charge in [0.25, 0.3) is 0 Å². The van der Waals surface area contributed by atoms with Crippen molar-refractivity contribution >= 4 is 11.6 Å². The Bertz CT molecular complexity index is 440. The van der Waals surface area contributed by atoms with Crippen LogP contribution < -0.4 is 5.73 Å². The highest BCUT2D eigenvalue weighted by Crippen LogP contribution is 2.37. The standard InChI is InChI=1S/C14H17ClF3N/c15-12-2-1-11(16)7-10(12)8-13(19)9-3-5-14(17,18)6-4-9/h1-2,7,9,13H,3-6,8,19H2. The Labute approximate surface area is 115 Å². The molecule has 1 aromatic carbocycles. The smallest absolute Gasteiger partial charge is 0.248 e. The van der Waals surface area contributed by atoms with Gasteiger partial charge in [-0.15, -0.1) is 0 Å². The highest BCUT2D eigenvalue weighted by atomic mass is 35.5. The van der Waals surface area contributed by atoms with Gasteiger partial charge in [0, 0.05) is 23.9 Å². The first-order valence-corrected chi connectivity index (χ1v) is 6.82. The molecule has 1 unspecified atom stereocenters. The first kappa shape index (κ1) is 14.7. The lowest BCUT2D eigenvalue weighted by atomic mass is 9.80. The Morgan fingerprint density at radius 2 is 1.95 bits per heavy atom. The molecule has 0 spiro atoms. The van der Waals surface area contributed by atoms with E-state index in [1.165, 1.54) is 18.2 Å². The molecular weight excluding hydrogens is 275 g/mol. The van der Waals surface area contributed by atoms with Crippen molar-refractivity contribution in [1.29, 1.82) is 0 Å². The predicted octanol–water partition coefficient (Wildman–Crippen LogP) is 4.17. The zero-order chi connectivity index (χ0) is 14.0. The number of hydrogen-bond donors (Lipinski definition) is 1. The van der Waals surface area contributed by atoms with E-state index in [0.29, 0.717) is 29.8 Å². The quantitative estimate of drug-likeness (QED) is 0.888. The monoisotopic (exact) mass is 291 g/mol. The minimum Gasteiger partial charge on any atom is -0.327 e. The topological polar surface area (TPSA) is 26.0 Å². The molecule has 0 aromatic heterocycles. The van der Waals surface area contributed by atoms with Crippen LogP contribution in [-0.2, 0) is 6.42 Å². The first-order chi connectivity index (χ1) is 8.87. The van der Waals surface area contributed by atoms with Gasteiger partial charge in [-0.05, 0) is 48.9 Å². The van der Waals surface area contributed by atoms with Crippen molar-refractivity contribution in [2.75, 3.05) is 0 Å². The summed E-state index contributed by atoms with van der Waals surface area (Å²) in [7, 11) is 0. The van der Waals surface area contributed by atoms with Crippen molar-refractivity contribution in [3.63, 3.8) is 0 Å². The fraction of sp³-hybridized carbons (Fsp3) is 0.571. The number of rotatable bonds is 3. The number of nitrogens with two attached hydrogens (primary N) is 1. The molecule has 1 fully saturated rings. The summed E-state index contributed by atoms with van der Waals surface area (Å²) in [5.41, 5.74) is 6.71. The average molecular weight is 292 g/mol. The minimum atomic E-state index is -2.55. The molecule has 1 atom stereocenters. The Balaban J connectivity index is 1.98. The average Bonchev–Trinajstić information content (AvgIpc) is 2.33. The van der Waals surface area contributed by atoms with E-state index in [4.69, 9.17) is 17.3 Å².